The van der Waals surface area contributed by atoms with Gasteiger partial charge >= 0.3 is 0 Å². The molecule has 0 saturated heterocycles. The lowest BCUT2D eigenvalue weighted by Crippen LogP contribution is -2.29. The van der Waals surface area contributed by atoms with Crippen LogP contribution in [0, 0.1) is 0 Å². The first kappa shape index (κ1) is 16.4. The van der Waals surface area contributed by atoms with Crippen molar-refractivity contribution in [1.82, 2.24) is 9.97 Å². The van der Waals surface area contributed by atoms with E-state index in [2.05, 4.69) is 26.9 Å². The third-order valence-corrected chi connectivity index (χ3v) is 4.87. The van der Waals surface area contributed by atoms with Crippen molar-refractivity contribution >= 4 is 23.4 Å². The lowest BCUT2D eigenvalue weighted by atomic mass is 9.95. The van der Waals surface area contributed by atoms with Gasteiger partial charge in [0.15, 0.2) is 5.82 Å². The predicted octanol–water partition coefficient (Wildman–Crippen LogP) is 3.14. The van der Waals surface area contributed by atoms with Crippen molar-refractivity contribution < 1.29 is 4.74 Å². The van der Waals surface area contributed by atoms with Crippen molar-refractivity contribution in [3.63, 3.8) is 0 Å². The van der Waals surface area contributed by atoms with E-state index in [4.69, 9.17) is 4.74 Å². The number of aromatic nitrogens is 2. The zero-order valence-corrected chi connectivity index (χ0v) is 14.0. The average Bonchev–Trinajstić information content (AvgIpc) is 2.52. The molecule has 1 aromatic heterocycles. The van der Waals surface area contributed by atoms with Gasteiger partial charge in [0.1, 0.15) is 18.2 Å². The van der Waals surface area contributed by atoms with E-state index in [1.807, 2.05) is 31.8 Å². The molecule has 1 heterocycles. The Labute approximate surface area is 131 Å². The fourth-order valence-electron chi connectivity index (χ4n) is 2.66. The highest BCUT2D eigenvalue weighted by Crippen LogP contribution is 2.28. The molecular weight excluding hydrogens is 284 g/mol. The quantitative estimate of drug-likeness (QED) is 0.807. The number of hydrogen-bond donors (Lipinski definition) is 2. The third-order valence-electron chi connectivity index (χ3n) is 3.78. The van der Waals surface area contributed by atoms with Crippen LogP contribution in [-0.2, 0) is 11.3 Å². The fraction of sp³-hybridized carbons (Fsp3) is 0.733. The summed E-state index contributed by atoms with van der Waals surface area (Å²) in [6, 6.07) is 2.48. The van der Waals surface area contributed by atoms with Gasteiger partial charge in [-0.15, -0.1) is 0 Å². The summed E-state index contributed by atoms with van der Waals surface area (Å²) in [6.45, 7) is 3.11. The Morgan fingerprint density at radius 2 is 2.14 bits per heavy atom. The Balaban J connectivity index is 2.03. The normalized spacial score (nSPS) is 22.0. The number of hydrogen-bond acceptors (Lipinski definition) is 6. The van der Waals surface area contributed by atoms with Crippen LogP contribution in [0.2, 0.25) is 0 Å². The minimum Gasteiger partial charge on any atom is -0.374 e. The summed E-state index contributed by atoms with van der Waals surface area (Å²) in [4.78, 5) is 8.99. The van der Waals surface area contributed by atoms with E-state index < -0.39 is 0 Å². The molecule has 118 valence electrons. The van der Waals surface area contributed by atoms with Gasteiger partial charge in [-0.2, -0.15) is 11.8 Å². The van der Waals surface area contributed by atoms with E-state index in [1.165, 1.54) is 25.7 Å². The molecule has 0 aromatic carbocycles. The Hall–Kier alpha value is -1.01. The zero-order chi connectivity index (χ0) is 15.1. The number of thioether (sulfide) groups is 1. The second kappa shape index (κ2) is 8.44. The largest absolute Gasteiger partial charge is 0.374 e. The van der Waals surface area contributed by atoms with Gasteiger partial charge in [-0.1, -0.05) is 6.42 Å². The van der Waals surface area contributed by atoms with Crippen molar-refractivity contribution in [2.45, 2.75) is 50.5 Å². The summed E-state index contributed by atoms with van der Waals surface area (Å²) in [5.74, 6) is 2.46. The van der Waals surface area contributed by atoms with Gasteiger partial charge in [0, 0.05) is 31.0 Å². The van der Waals surface area contributed by atoms with Crippen molar-refractivity contribution in [2.24, 2.45) is 0 Å². The Bertz CT molecular complexity index is 444. The number of anilines is 2. The van der Waals surface area contributed by atoms with Crippen molar-refractivity contribution in [3.05, 3.63) is 11.9 Å². The van der Waals surface area contributed by atoms with Crippen LogP contribution in [0.5, 0.6) is 0 Å². The monoisotopic (exact) mass is 310 g/mol. The molecule has 1 fully saturated rings. The summed E-state index contributed by atoms with van der Waals surface area (Å²) in [5, 5.41) is 7.44. The molecule has 2 atom stereocenters. The Kier molecular flexibility index (Phi) is 6.57. The minimum absolute atomic E-state index is 0.457. The summed E-state index contributed by atoms with van der Waals surface area (Å²) >= 11 is 1.98. The summed E-state index contributed by atoms with van der Waals surface area (Å²) < 4.78 is 5.41. The molecule has 5 nitrogen and oxygen atoms in total. The second-order valence-corrected chi connectivity index (χ2v) is 6.45. The van der Waals surface area contributed by atoms with E-state index in [1.54, 1.807) is 0 Å². The maximum Gasteiger partial charge on any atom is 0.158 e. The maximum atomic E-state index is 5.41. The number of nitrogens with one attached hydrogen (secondary N) is 2. The molecule has 21 heavy (non-hydrogen) atoms. The number of rotatable bonds is 7. The Morgan fingerprint density at radius 3 is 2.86 bits per heavy atom. The van der Waals surface area contributed by atoms with Crippen molar-refractivity contribution in [3.8, 4) is 0 Å². The van der Waals surface area contributed by atoms with Gasteiger partial charge in [0.25, 0.3) is 0 Å². The average molecular weight is 310 g/mol. The molecule has 1 aliphatic rings. The van der Waals surface area contributed by atoms with Crippen LogP contribution in [0.3, 0.4) is 0 Å². The van der Waals surface area contributed by atoms with E-state index >= 15 is 0 Å². The fourth-order valence-corrected chi connectivity index (χ4v) is 3.48. The number of ether oxygens (including phenoxy) is 1. The van der Waals surface area contributed by atoms with Crippen LogP contribution in [-0.4, -0.2) is 41.2 Å². The molecule has 2 unspecified atom stereocenters. The van der Waals surface area contributed by atoms with Crippen LogP contribution in [0.4, 0.5) is 11.6 Å². The van der Waals surface area contributed by atoms with Gasteiger partial charge in [-0.3, -0.25) is 0 Å². The van der Waals surface area contributed by atoms with Crippen LogP contribution in [0.15, 0.2) is 6.07 Å². The minimum atomic E-state index is 0.457. The van der Waals surface area contributed by atoms with E-state index in [0.29, 0.717) is 19.3 Å². The van der Waals surface area contributed by atoms with Crippen molar-refractivity contribution in [2.75, 3.05) is 30.5 Å². The molecule has 1 aliphatic carbocycles. The van der Waals surface area contributed by atoms with Gasteiger partial charge in [0.05, 0.1) is 0 Å². The molecule has 6 heteroatoms. The zero-order valence-electron chi connectivity index (χ0n) is 13.2. The van der Waals surface area contributed by atoms with Gasteiger partial charge in [-0.25, -0.2) is 9.97 Å². The molecule has 1 saturated carbocycles. The van der Waals surface area contributed by atoms with Crippen LogP contribution in [0.25, 0.3) is 0 Å². The van der Waals surface area contributed by atoms with E-state index in [0.717, 1.165) is 22.7 Å². The van der Waals surface area contributed by atoms with Gasteiger partial charge in [0.2, 0.25) is 0 Å². The lowest BCUT2D eigenvalue weighted by Gasteiger charge is -2.29. The molecule has 0 radical (unpaired) electrons. The molecule has 2 N–H and O–H groups in total. The summed E-state index contributed by atoms with van der Waals surface area (Å²) in [6.07, 6.45) is 7.26. The first-order valence-corrected chi connectivity index (χ1v) is 8.96. The molecule has 1 aromatic rings. The second-order valence-electron chi connectivity index (χ2n) is 5.31. The summed E-state index contributed by atoms with van der Waals surface area (Å²) in [5.41, 5.74) is 0. The molecule has 2 rings (SSSR count). The molecule has 0 spiro atoms. The molecule has 0 amide bonds. The highest BCUT2D eigenvalue weighted by molar-refractivity contribution is 7.99. The topological polar surface area (TPSA) is 59.1 Å². The van der Waals surface area contributed by atoms with Crippen LogP contribution >= 0.6 is 11.8 Å². The van der Waals surface area contributed by atoms with E-state index in [-0.39, 0.29) is 0 Å². The highest BCUT2D eigenvalue weighted by Gasteiger charge is 2.21. The van der Waals surface area contributed by atoms with Crippen molar-refractivity contribution in [1.29, 1.82) is 0 Å². The van der Waals surface area contributed by atoms with Gasteiger partial charge < -0.3 is 15.4 Å². The van der Waals surface area contributed by atoms with Crippen LogP contribution < -0.4 is 10.6 Å². The SMILES string of the molecule is CCOCc1nc(NC)cc(NC2CCCC(SC)C2)n1. The number of nitrogens with zero attached hydrogens (tertiary/aromatic N) is 2. The maximum absolute atomic E-state index is 5.41. The third kappa shape index (κ3) is 5.04. The van der Waals surface area contributed by atoms with Gasteiger partial charge in [-0.05, 0) is 32.4 Å². The Morgan fingerprint density at radius 1 is 1.33 bits per heavy atom. The predicted molar refractivity (Wildman–Crippen MR) is 90.1 cm³/mol. The van der Waals surface area contributed by atoms with E-state index in [9.17, 15) is 0 Å². The summed E-state index contributed by atoms with van der Waals surface area (Å²) in [7, 11) is 1.88. The molecule has 0 bridgehead atoms. The lowest BCUT2D eigenvalue weighted by molar-refractivity contribution is 0.128. The molecular formula is C15H26N4OS. The molecule has 0 aliphatic heterocycles. The highest BCUT2D eigenvalue weighted by atomic mass is 32.2. The standard InChI is InChI=1S/C15H26N4OS/c1-4-20-10-15-18-13(16-2)9-14(19-15)17-11-6-5-7-12(8-11)21-3/h9,11-12H,4-8,10H2,1-3H3,(H2,16,17,18,19). The van der Waals surface area contributed by atoms with Crippen LogP contribution in [0.1, 0.15) is 38.4 Å². The first-order chi connectivity index (χ1) is 10.2. The smallest absolute Gasteiger partial charge is 0.158 e. The first-order valence-electron chi connectivity index (χ1n) is 7.68.